The normalized spacial score (nSPS) is 23.8. The van der Waals surface area contributed by atoms with Crippen LogP contribution in [-0.2, 0) is 14.3 Å². The highest BCUT2D eigenvalue weighted by molar-refractivity contribution is 5.97. The summed E-state index contributed by atoms with van der Waals surface area (Å²) in [6.45, 7) is 5.02. The molecule has 6 nitrogen and oxygen atoms in total. The smallest absolute Gasteiger partial charge is 0.256 e. The quantitative estimate of drug-likeness (QED) is 0.775. The molecule has 0 aromatic carbocycles. The maximum absolute atomic E-state index is 12.8. The third kappa shape index (κ3) is 4.45. The number of aromatic nitrogens is 1. The molecule has 0 radical (unpaired) electrons. The SMILES string of the molecule is COCCOc1ncc(NC(=O)[C@@]2(OC)CCC[C@H](C)C2)cc1C. The first-order valence-corrected chi connectivity index (χ1v) is 8.46. The van der Waals surface area contributed by atoms with Gasteiger partial charge in [-0.15, -0.1) is 0 Å². The summed E-state index contributed by atoms with van der Waals surface area (Å²) >= 11 is 0. The minimum atomic E-state index is -0.737. The third-order valence-electron chi connectivity index (χ3n) is 4.57. The van der Waals surface area contributed by atoms with Crippen LogP contribution in [0.2, 0.25) is 0 Å². The van der Waals surface area contributed by atoms with Gasteiger partial charge in [0.05, 0.1) is 18.5 Å². The van der Waals surface area contributed by atoms with Gasteiger partial charge in [-0.2, -0.15) is 0 Å². The lowest BCUT2D eigenvalue weighted by Gasteiger charge is -2.37. The van der Waals surface area contributed by atoms with Crippen LogP contribution in [0.1, 0.15) is 38.2 Å². The predicted octanol–water partition coefficient (Wildman–Crippen LogP) is 2.95. The van der Waals surface area contributed by atoms with Gasteiger partial charge in [0.1, 0.15) is 12.2 Å². The Kier molecular flexibility index (Phi) is 6.57. The zero-order valence-electron chi connectivity index (χ0n) is 15.1. The van der Waals surface area contributed by atoms with Crippen LogP contribution in [0.3, 0.4) is 0 Å². The van der Waals surface area contributed by atoms with Crippen LogP contribution < -0.4 is 10.1 Å². The summed E-state index contributed by atoms with van der Waals surface area (Å²) < 4.78 is 16.1. The molecule has 24 heavy (non-hydrogen) atoms. The van der Waals surface area contributed by atoms with Crippen LogP contribution in [0.5, 0.6) is 5.88 Å². The molecule has 0 unspecified atom stereocenters. The van der Waals surface area contributed by atoms with E-state index in [9.17, 15) is 4.79 Å². The van der Waals surface area contributed by atoms with Crippen molar-refractivity contribution in [1.82, 2.24) is 4.98 Å². The van der Waals surface area contributed by atoms with Gasteiger partial charge in [-0.05, 0) is 38.2 Å². The third-order valence-corrected chi connectivity index (χ3v) is 4.57. The molecule has 0 bridgehead atoms. The predicted molar refractivity (Wildman–Crippen MR) is 92.3 cm³/mol. The fourth-order valence-corrected chi connectivity index (χ4v) is 3.24. The number of nitrogens with zero attached hydrogens (tertiary/aromatic N) is 1. The van der Waals surface area contributed by atoms with E-state index in [1.807, 2.05) is 13.0 Å². The number of amides is 1. The molecule has 2 atom stereocenters. The van der Waals surface area contributed by atoms with E-state index >= 15 is 0 Å². The van der Waals surface area contributed by atoms with Crippen LogP contribution in [-0.4, -0.2) is 43.9 Å². The number of methoxy groups -OCH3 is 2. The molecule has 1 amide bonds. The van der Waals surface area contributed by atoms with Gasteiger partial charge in [0.15, 0.2) is 0 Å². The van der Waals surface area contributed by atoms with E-state index in [0.717, 1.165) is 31.2 Å². The maximum atomic E-state index is 12.8. The van der Waals surface area contributed by atoms with Gasteiger partial charge in [-0.3, -0.25) is 4.79 Å². The van der Waals surface area contributed by atoms with Crippen LogP contribution >= 0.6 is 0 Å². The Morgan fingerprint density at radius 2 is 2.21 bits per heavy atom. The van der Waals surface area contributed by atoms with Crippen molar-refractivity contribution in [2.24, 2.45) is 5.92 Å². The summed E-state index contributed by atoms with van der Waals surface area (Å²) in [7, 11) is 3.24. The van der Waals surface area contributed by atoms with Crippen LogP contribution in [0.15, 0.2) is 12.3 Å². The molecule has 134 valence electrons. The number of nitrogens with one attached hydrogen (secondary N) is 1. The van der Waals surface area contributed by atoms with Gasteiger partial charge in [0.25, 0.3) is 5.91 Å². The molecular weight excluding hydrogens is 308 g/mol. The second-order valence-electron chi connectivity index (χ2n) is 6.54. The molecule has 1 aromatic heterocycles. The zero-order chi connectivity index (χ0) is 17.6. The fourth-order valence-electron chi connectivity index (χ4n) is 3.24. The molecule has 0 saturated heterocycles. The molecule has 1 fully saturated rings. The van der Waals surface area contributed by atoms with Gasteiger partial charge >= 0.3 is 0 Å². The van der Waals surface area contributed by atoms with Crippen molar-refractivity contribution in [2.75, 3.05) is 32.8 Å². The second-order valence-corrected chi connectivity index (χ2v) is 6.54. The Bertz CT molecular complexity index is 564. The lowest BCUT2D eigenvalue weighted by molar-refractivity contribution is -0.143. The first-order valence-electron chi connectivity index (χ1n) is 8.46. The van der Waals surface area contributed by atoms with Crippen molar-refractivity contribution in [2.45, 2.75) is 45.1 Å². The Morgan fingerprint density at radius 1 is 1.42 bits per heavy atom. The van der Waals surface area contributed by atoms with Gasteiger partial charge in [0, 0.05) is 19.8 Å². The number of aryl methyl sites for hydroxylation is 1. The first-order chi connectivity index (χ1) is 11.5. The number of ether oxygens (including phenoxy) is 3. The monoisotopic (exact) mass is 336 g/mol. The van der Waals surface area contributed by atoms with Gasteiger partial charge in [-0.25, -0.2) is 4.98 Å². The van der Waals surface area contributed by atoms with E-state index in [1.165, 1.54) is 0 Å². The summed E-state index contributed by atoms with van der Waals surface area (Å²) in [5.41, 5.74) is 0.790. The summed E-state index contributed by atoms with van der Waals surface area (Å²) in [5.74, 6) is 0.949. The van der Waals surface area contributed by atoms with Crippen LogP contribution in [0.4, 0.5) is 5.69 Å². The largest absolute Gasteiger partial charge is 0.475 e. The van der Waals surface area contributed by atoms with Crippen LogP contribution in [0, 0.1) is 12.8 Å². The van der Waals surface area contributed by atoms with Crippen molar-refractivity contribution in [3.05, 3.63) is 17.8 Å². The number of carbonyl (C=O) groups is 1. The molecule has 1 heterocycles. The van der Waals surface area contributed by atoms with E-state index in [-0.39, 0.29) is 5.91 Å². The number of hydrogen-bond donors (Lipinski definition) is 1. The average molecular weight is 336 g/mol. The minimum Gasteiger partial charge on any atom is -0.475 e. The highest BCUT2D eigenvalue weighted by Crippen LogP contribution is 2.35. The highest BCUT2D eigenvalue weighted by atomic mass is 16.5. The number of pyridine rings is 1. The topological polar surface area (TPSA) is 69.7 Å². The van der Waals surface area contributed by atoms with E-state index in [0.29, 0.717) is 30.7 Å². The number of anilines is 1. The Hall–Kier alpha value is -1.66. The standard InChI is InChI=1S/C18H28N2O4/c1-13-6-5-7-18(11-13,23-4)17(21)20-15-10-14(2)16(19-12-15)24-9-8-22-3/h10,12-13H,5-9,11H2,1-4H3,(H,20,21)/t13-,18+/m0/s1. The molecule has 0 aliphatic heterocycles. The van der Waals surface area contributed by atoms with E-state index in [1.54, 1.807) is 20.4 Å². The van der Waals surface area contributed by atoms with E-state index < -0.39 is 5.60 Å². The minimum absolute atomic E-state index is 0.0919. The molecule has 6 heteroatoms. The average Bonchev–Trinajstić information content (AvgIpc) is 2.56. The summed E-state index contributed by atoms with van der Waals surface area (Å²) in [6, 6.07) is 1.86. The first kappa shape index (κ1) is 18.7. The Balaban J connectivity index is 2.04. The summed E-state index contributed by atoms with van der Waals surface area (Å²) in [5, 5.41) is 2.95. The van der Waals surface area contributed by atoms with Crippen LogP contribution in [0.25, 0.3) is 0 Å². The Labute approximate surface area is 143 Å². The number of hydrogen-bond acceptors (Lipinski definition) is 5. The summed E-state index contributed by atoms with van der Waals surface area (Å²) in [4.78, 5) is 17.0. The lowest BCUT2D eigenvalue weighted by atomic mass is 9.78. The van der Waals surface area contributed by atoms with E-state index in [2.05, 4.69) is 17.2 Å². The number of carbonyl (C=O) groups excluding carboxylic acids is 1. The zero-order valence-corrected chi connectivity index (χ0v) is 15.1. The number of rotatable bonds is 7. The van der Waals surface area contributed by atoms with Gasteiger partial charge in [0.2, 0.25) is 5.88 Å². The summed E-state index contributed by atoms with van der Waals surface area (Å²) in [6.07, 6.45) is 5.27. The van der Waals surface area contributed by atoms with Crippen molar-refractivity contribution in [3.8, 4) is 5.88 Å². The second kappa shape index (κ2) is 8.44. The molecule has 2 rings (SSSR count). The van der Waals surface area contributed by atoms with Crippen molar-refractivity contribution >= 4 is 11.6 Å². The van der Waals surface area contributed by atoms with Crippen molar-refractivity contribution in [1.29, 1.82) is 0 Å². The molecule has 1 aliphatic carbocycles. The fraction of sp³-hybridized carbons (Fsp3) is 0.667. The highest BCUT2D eigenvalue weighted by Gasteiger charge is 2.42. The lowest BCUT2D eigenvalue weighted by Crippen LogP contribution is -2.47. The molecule has 1 saturated carbocycles. The molecule has 1 aliphatic rings. The maximum Gasteiger partial charge on any atom is 0.256 e. The molecule has 1 aromatic rings. The van der Waals surface area contributed by atoms with Gasteiger partial charge in [-0.1, -0.05) is 13.3 Å². The molecular formula is C18H28N2O4. The van der Waals surface area contributed by atoms with Gasteiger partial charge < -0.3 is 19.5 Å². The van der Waals surface area contributed by atoms with Crippen molar-refractivity contribution in [3.63, 3.8) is 0 Å². The Morgan fingerprint density at radius 3 is 2.83 bits per heavy atom. The molecule has 0 spiro atoms. The molecule has 1 N–H and O–H groups in total. The van der Waals surface area contributed by atoms with Crippen molar-refractivity contribution < 1.29 is 19.0 Å². The van der Waals surface area contributed by atoms with E-state index in [4.69, 9.17) is 14.2 Å².